The maximum absolute atomic E-state index is 13.6. The van der Waals surface area contributed by atoms with Gasteiger partial charge in [0.15, 0.2) is 11.6 Å². The second-order valence-electron chi connectivity index (χ2n) is 4.13. The normalized spacial score (nSPS) is 10.7. The molecule has 0 unspecified atom stereocenters. The topological polar surface area (TPSA) is 61.0 Å². The molecule has 0 aliphatic carbocycles. The Morgan fingerprint density at radius 2 is 1.85 bits per heavy atom. The van der Waals surface area contributed by atoms with Crippen molar-refractivity contribution in [1.29, 1.82) is 0 Å². The van der Waals surface area contributed by atoms with Crippen LogP contribution in [0.15, 0.2) is 42.7 Å². The summed E-state index contributed by atoms with van der Waals surface area (Å²) in [6.45, 7) is 0. The molecule has 0 spiro atoms. The van der Waals surface area contributed by atoms with E-state index in [0.29, 0.717) is 16.6 Å². The molecule has 0 saturated heterocycles. The van der Waals surface area contributed by atoms with E-state index in [0.717, 1.165) is 12.1 Å². The molecule has 0 radical (unpaired) electrons. The summed E-state index contributed by atoms with van der Waals surface area (Å²) in [6, 6.07) is 8.07. The van der Waals surface area contributed by atoms with Crippen molar-refractivity contribution in [2.75, 3.05) is 5.73 Å². The SMILES string of the molecule is Nc1ccc2c(Oc3ccc(F)cc3F)ncnc2c1. The van der Waals surface area contributed by atoms with Crippen LogP contribution in [0.2, 0.25) is 0 Å². The first-order valence-corrected chi connectivity index (χ1v) is 5.76. The molecule has 100 valence electrons. The average molecular weight is 273 g/mol. The Morgan fingerprint density at radius 1 is 1.00 bits per heavy atom. The van der Waals surface area contributed by atoms with Crippen molar-refractivity contribution >= 4 is 16.6 Å². The third-order valence-corrected chi connectivity index (χ3v) is 2.72. The van der Waals surface area contributed by atoms with E-state index < -0.39 is 11.6 Å². The molecule has 3 aromatic rings. The van der Waals surface area contributed by atoms with Crippen LogP contribution in [0.25, 0.3) is 10.9 Å². The third-order valence-electron chi connectivity index (χ3n) is 2.72. The minimum atomic E-state index is -0.799. The van der Waals surface area contributed by atoms with Crippen molar-refractivity contribution in [3.8, 4) is 11.6 Å². The van der Waals surface area contributed by atoms with E-state index in [1.165, 1.54) is 12.4 Å². The van der Waals surface area contributed by atoms with E-state index in [1.807, 2.05) is 0 Å². The van der Waals surface area contributed by atoms with Crippen molar-refractivity contribution in [2.45, 2.75) is 0 Å². The molecule has 6 heteroatoms. The molecule has 1 heterocycles. The number of nitrogens with two attached hydrogens (primary N) is 1. The largest absolute Gasteiger partial charge is 0.435 e. The molecule has 0 aliphatic heterocycles. The van der Waals surface area contributed by atoms with Gasteiger partial charge in [0.05, 0.1) is 10.9 Å². The van der Waals surface area contributed by atoms with E-state index in [1.54, 1.807) is 18.2 Å². The lowest BCUT2D eigenvalue weighted by Gasteiger charge is -2.08. The number of rotatable bonds is 2. The molecule has 2 N–H and O–H groups in total. The predicted octanol–water partition coefficient (Wildman–Crippen LogP) is 3.28. The van der Waals surface area contributed by atoms with Gasteiger partial charge in [-0.3, -0.25) is 0 Å². The first-order chi connectivity index (χ1) is 9.63. The maximum atomic E-state index is 13.6. The zero-order valence-corrected chi connectivity index (χ0v) is 10.2. The molecular formula is C14H9F2N3O. The van der Waals surface area contributed by atoms with Gasteiger partial charge in [0, 0.05) is 11.8 Å². The fourth-order valence-electron chi connectivity index (χ4n) is 1.79. The Bertz CT molecular complexity index is 792. The minimum absolute atomic E-state index is 0.108. The first-order valence-electron chi connectivity index (χ1n) is 5.76. The summed E-state index contributed by atoms with van der Waals surface area (Å²) in [4.78, 5) is 8.02. The summed E-state index contributed by atoms with van der Waals surface area (Å²) in [7, 11) is 0. The lowest BCUT2D eigenvalue weighted by molar-refractivity contribution is 0.427. The molecule has 0 bridgehead atoms. The van der Waals surface area contributed by atoms with Gasteiger partial charge >= 0.3 is 0 Å². The summed E-state index contributed by atoms with van der Waals surface area (Å²) in [6.07, 6.45) is 1.29. The number of halogens is 2. The predicted molar refractivity (Wildman–Crippen MR) is 70.4 cm³/mol. The van der Waals surface area contributed by atoms with Crippen molar-refractivity contribution in [3.05, 3.63) is 54.4 Å². The molecule has 0 atom stereocenters. The van der Waals surface area contributed by atoms with Crippen LogP contribution in [-0.2, 0) is 0 Å². The molecule has 2 aromatic carbocycles. The Labute approximate surface area is 112 Å². The molecule has 1 aromatic heterocycles. The van der Waals surface area contributed by atoms with Gasteiger partial charge in [-0.2, -0.15) is 0 Å². The lowest BCUT2D eigenvalue weighted by Crippen LogP contribution is -1.95. The molecule has 0 aliphatic rings. The fourth-order valence-corrected chi connectivity index (χ4v) is 1.79. The van der Waals surface area contributed by atoms with Crippen molar-refractivity contribution < 1.29 is 13.5 Å². The highest BCUT2D eigenvalue weighted by Crippen LogP contribution is 2.29. The average Bonchev–Trinajstić information content (AvgIpc) is 2.41. The highest BCUT2D eigenvalue weighted by Gasteiger charge is 2.10. The highest BCUT2D eigenvalue weighted by atomic mass is 19.1. The first kappa shape index (κ1) is 12.3. The molecular weight excluding hydrogens is 264 g/mol. The van der Waals surface area contributed by atoms with Gasteiger partial charge in [0.25, 0.3) is 0 Å². The van der Waals surface area contributed by atoms with Gasteiger partial charge in [-0.05, 0) is 30.3 Å². The van der Waals surface area contributed by atoms with Crippen LogP contribution in [-0.4, -0.2) is 9.97 Å². The van der Waals surface area contributed by atoms with E-state index >= 15 is 0 Å². The summed E-state index contributed by atoms with van der Waals surface area (Å²) in [5, 5.41) is 0.588. The van der Waals surface area contributed by atoms with Gasteiger partial charge in [-0.25, -0.2) is 18.7 Å². The number of hydrogen-bond donors (Lipinski definition) is 1. The van der Waals surface area contributed by atoms with Gasteiger partial charge in [-0.1, -0.05) is 0 Å². The second kappa shape index (κ2) is 4.73. The van der Waals surface area contributed by atoms with E-state index in [9.17, 15) is 8.78 Å². The highest BCUT2D eigenvalue weighted by molar-refractivity contribution is 5.85. The van der Waals surface area contributed by atoms with Gasteiger partial charge in [0.2, 0.25) is 5.88 Å². The van der Waals surface area contributed by atoms with Gasteiger partial charge < -0.3 is 10.5 Å². The fraction of sp³-hybridized carbons (Fsp3) is 0. The number of nitrogens with zero attached hydrogens (tertiary/aromatic N) is 2. The van der Waals surface area contributed by atoms with E-state index in [2.05, 4.69) is 9.97 Å². The van der Waals surface area contributed by atoms with Crippen LogP contribution in [0.4, 0.5) is 14.5 Å². The zero-order valence-electron chi connectivity index (χ0n) is 10.2. The number of fused-ring (bicyclic) bond motifs is 1. The van der Waals surface area contributed by atoms with Crippen LogP contribution < -0.4 is 10.5 Å². The van der Waals surface area contributed by atoms with Crippen LogP contribution in [0, 0.1) is 11.6 Å². The standard InChI is InChI=1S/C14H9F2N3O/c15-8-1-4-13(11(16)5-8)20-14-10-3-2-9(17)6-12(10)18-7-19-14/h1-7H,17H2. The molecule has 0 saturated carbocycles. The molecule has 4 nitrogen and oxygen atoms in total. The van der Waals surface area contributed by atoms with Gasteiger partial charge in [-0.15, -0.1) is 0 Å². The Hall–Kier alpha value is -2.76. The van der Waals surface area contributed by atoms with E-state index in [4.69, 9.17) is 10.5 Å². The summed E-state index contributed by atoms with van der Waals surface area (Å²) >= 11 is 0. The van der Waals surface area contributed by atoms with Gasteiger partial charge in [0.1, 0.15) is 12.1 Å². The number of benzene rings is 2. The van der Waals surface area contributed by atoms with Crippen LogP contribution in [0.3, 0.4) is 0 Å². The van der Waals surface area contributed by atoms with Crippen LogP contribution in [0.5, 0.6) is 11.6 Å². The maximum Gasteiger partial charge on any atom is 0.230 e. The molecule has 0 fully saturated rings. The second-order valence-corrected chi connectivity index (χ2v) is 4.13. The monoisotopic (exact) mass is 273 g/mol. The van der Waals surface area contributed by atoms with Crippen molar-refractivity contribution in [3.63, 3.8) is 0 Å². The summed E-state index contributed by atoms with van der Waals surface area (Å²) in [5.74, 6) is -1.40. The number of nitrogen functional groups attached to an aromatic ring is 1. The minimum Gasteiger partial charge on any atom is -0.435 e. The number of anilines is 1. The smallest absolute Gasteiger partial charge is 0.230 e. The molecule has 20 heavy (non-hydrogen) atoms. The van der Waals surface area contributed by atoms with Crippen molar-refractivity contribution in [2.24, 2.45) is 0 Å². The Balaban J connectivity index is 2.06. The Kier molecular flexibility index (Phi) is 2.90. The quantitative estimate of drug-likeness (QED) is 0.728. The molecule has 3 rings (SSSR count). The van der Waals surface area contributed by atoms with E-state index in [-0.39, 0.29) is 11.6 Å². The van der Waals surface area contributed by atoms with Crippen LogP contribution >= 0.6 is 0 Å². The zero-order chi connectivity index (χ0) is 14.1. The number of aromatic nitrogens is 2. The summed E-state index contributed by atoms with van der Waals surface area (Å²) < 4.78 is 31.8. The summed E-state index contributed by atoms with van der Waals surface area (Å²) in [5.41, 5.74) is 6.80. The number of hydrogen-bond acceptors (Lipinski definition) is 4. The Morgan fingerprint density at radius 3 is 2.65 bits per heavy atom. The molecule has 0 amide bonds. The number of ether oxygens (including phenoxy) is 1. The third kappa shape index (κ3) is 2.23. The lowest BCUT2D eigenvalue weighted by atomic mass is 10.2. The van der Waals surface area contributed by atoms with Crippen LogP contribution in [0.1, 0.15) is 0 Å². The van der Waals surface area contributed by atoms with Crippen molar-refractivity contribution in [1.82, 2.24) is 9.97 Å².